The minimum Gasteiger partial charge on any atom is -0.467 e. The first-order chi connectivity index (χ1) is 10.8. The predicted octanol–water partition coefficient (Wildman–Crippen LogP) is 2.46. The Bertz CT molecular complexity index is 422. The number of guanidine groups is 1. The minimum atomic E-state index is 0.581. The average Bonchev–Trinajstić information content (AvgIpc) is 3.05. The molecule has 0 spiro atoms. The lowest BCUT2D eigenvalue weighted by atomic mass is 9.97. The lowest BCUT2D eigenvalue weighted by Gasteiger charge is -2.32. The van der Waals surface area contributed by atoms with E-state index in [0.29, 0.717) is 6.54 Å². The molecule has 1 aliphatic rings. The number of rotatable bonds is 7. The van der Waals surface area contributed by atoms with Gasteiger partial charge in [-0.1, -0.05) is 6.92 Å². The van der Waals surface area contributed by atoms with E-state index < -0.39 is 0 Å². The van der Waals surface area contributed by atoms with Crippen molar-refractivity contribution in [3.63, 3.8) is 0 Å². The van der Waals surface area contributed by atoms with Crippen LogP contribution >= 0.6 is 0 Å². The molecule has 5 nitrogen and oxygen atoms in total. The topological polar surface area (TPSA) is 52.8 Å². The van der Waals surface area contributed by atoms with E-state index in [1.165, 1.54) is 38.9 Å². The van der Waals surface area contributed by atoms with Crippen LogP contribution in [-0.2, 0) is 6.54 Å². The molecule has 1 aromatic heterocycles. The van der Waals surface area contributed by atoms with E-state index in [1.807, 2.05) is 12.1 Å². The summed E-state index contributed by atoms with van der Waals surface area (Å²) >= 11 is 0. The number of nitrogens with one attached hydrogen (secondary N) is 2. The Balaban J connectivity index is 1.73. The summed E-state index contributed by atoms with van der Waals surface area (Å²) in [7, 11) is 0. The van der Waals surface area contributed by atoms with E-state index in [1.54, 1.807) is 6.26 Å². The highest BCUT2D eigenvalue weighted by molar-refractivity contribution is 5.79. The summed E-state index contributed by atoms with van der Waals surface area (Å²) in [5.74, 6) is 2.53. The first-order valence-corrected chi connectivity index (χ1v) is 8.58. The molecule has 0 bridgehead atoms. The Morgan fingerprint density at radius 3 is 2.77 bits per heavy atom. The summed E-state index contributed by atoms with van der Waals surface area (Å²) in [6.45, 7) is 10.5. The van der Waals surface area contributed by atoms with Gasteiger partial charge in [-0.25, -0.2) is 4.99 Å². The Labute approximate surface area is 134 Å². The average molecular weight is 306 g/mol. The number of nitrogens with zero attached hydrogens (tertiary/aromatic N) is 2. The fourth-order valence-corrected chi connectivity index (χ4v) is 2.87. The fraction of sp³-hybridized carbons (Fsp3) is 0.706. The van der Waals surface area contributed by atoms with Crippen molar-refractivity contribution in [1.82, 2.24) is 15.5 Å². The summed E-state index contributed by atoms with van der Waals surface area (Å²) in [6, 6.07) is 3.85. The Kier molecular flexibility index (Phi) is 7.30. The number of hydrogen-bond acceptors (Lipinski definition) is 3. The van der Waals surface area contributed by atoms with E-state index in [4.69, 9.17) is 4.42 Å². The zero-order valence-electron chi connectivity index (χ0n) is 14.0. The Morgan fingerprint density at radius 1 is 1.32 bits per heavy atom. The minimum absolute atomic E-state index is 0.581. The van der Waals surface area contributed by atoms with Gasteiger partial charge in [-0.2, -0.15) is 0 Å². The molecule has 0 saturated carbocycles. The van der Waals surface area contributed by atoms with E-state index >= 15 is 0 Å². The second kappa shape index (κ2) is 9.51. The SMILES string of the molecule is CCCN1CCC(CNC(=NCc2ccco2)NCC)CC1. The molecule has 0 aromatic carbocycles. The van der Waals surface area contributed by atoms with Gasteiger partial charge in [-0.15, -0.1) is 0 Å². The molecule has 124 valence electrons. The molecule has 0 atom stereocenters. The van der Waals surface area contributed by atoms with Gasteiger partial charge >= 0.3 is 0 Å². The molecule has 0 unspecified atom stereocenters. The van der Waals surface area contributed by atoms with Crippen molar-refractivity contribution in [2.45, 2.75) is 39.7 Å². The van der Waals surface area contributed by atoms with E-state index in [-0.39, 0.29) is 0 Å². The highest BCUT2D eigenvalue weighted by Gasteiger charge is 2.18. The zero-order chi connectivity index (χ0) is 15.6. The monoisotopic (exact) mass is 306 g/mol. The van der Waals surface area contributed by atoms with Crippen LogP contribution in [0.25, 0.3) is 0 Å². The molecule has 1 aliphatic heterocycles. The molecule has 1 saturated heterocycles. The van der Waals surface area contributed by atoms with Crippen molar-refractivity contribution in [2.24, 2.45) is 10.9 Å². The summed E-state index contributed by atoms with van der Waals surface area (Å²) in [5, 5.41) is 6.78. The molecule has 2 N–H and O–H groups in total. The largest absolute Gasteiger partial charge is 0.467 e. The predicted molar refractivity (Wildman–Crippen MR) is 91.0 cm³/mol. The van der Waals surface area contributed by atoms with Crippen molar-refractivity contribution in [3.8, 4) is 0 Å². The van der Waals surface area contributed by atoms with Gasteiger partial charge in [0.15, 0.2) is 5.96 Å². The molecular formula is C17H30N4O. The molecular weight excluding hydrogens is 276 g/mol. The molecule has 0 radical (unpaired) electrons. The third-order valence-corrected chi connectivity index (χ3v) is 4.12. The fourth-order valence-electron chi connectivity index (χ4n) is 2.87. The maximum Gasteiger partial charge on any atom is 0.191 e. The smallest absolute Gasteiger partial charge is 0.191 e. The highest BCUT2D eigenvalue weighted by Crippen LogP contribution is 2.16. The maximum atomic E-state index is 5.32. The van der Waals surface area contributed by atoms with Crippen LogP contribution in [0.3, 0.4) is 0 Å². The molecule has 0 aliphatic carbocycles. The molecule has 5 heteroatoms. The highest BCUT2D eigenvalue weighted by atomic mass is 16.3. The quantitative estimate of drug-likeness (QED) is 0.600. The van der Waals surface area contributed by atoms with Crippen molar-refractivity contribution in [1.29, 1.82) is 0 Å². The molecule has 2 heterocycles. The van der Waals surface area contributed by atoms with Crippen LogP contribution in [0.2, 0.25) is 0 Å². The lowest BCUT2D eigenvalue weighted by molar-refractivity contribution is 0.185. The lowest BCUT2D eigenvalue weighted by Crippen LogP contribution is -2.43. The summed E-state index contributed by atoms with van der Waals surface area (Å²) in [6.07, 6.45) is 5.51. The van der Waals surface area contributed by atoms with E-state index in [0.717, 1.165) is 30.7 Å². The molecule has 1 aromatic rings. The van der Waals surface area contributed by atoms with Crippen LogP contribution in [0.15, 0.2) is 27.8 Å². The summed E-state index contributed by atoms with van der Waals surface area (Å²) < 4.78 is 5.32. The maximum absolute atomic E-state index is 5.32. The second-order valence-corrected chi connectivity index (χ2v) is 5.94. The van der Waals surface area contributed by atoms with Gasteiger partial charge in [-0.05, 0) is 63.9 Å². The first-order valence-electron chi connectivity index (χ1n) is 8.58. The van der Waals surface area contributed by atoms with Gasteiger partial charge < -0.3 is 20.0 Å². The van der Waals surface area contributed by atoms with Crippen LogP contribution in [0.4, 0.5) is 0 Å². The van der Waals surface area contributed by atoms with Gasteiger partial charge in [-0.3, -0.25) is 0 Å². The van der Waals surface area contributed by atoms with Crippen LogP contribution in [-0.4, -0.2) is 43.6 Å². The number of furan rings is 1. The summed E-state index contributed by atoms with van der Waals surface area (Å²) in [4.78, 5) is 7.15. The van der Waals surface area contributed by atoms with Gasteiger partial charge in [0.1, 0.15) is 12.3 Å². The number of hydrogen-bond donors (Lipinski definition) is 2. The number of aliphatic imine (C=N–C) groups is 1. The Morgan fingerprint density at radius 2 is 2.14 bits per heavy atom. The zero-order valence-corrected chi connectivity index (χ0v) is 14.0. The van der Waals surface area contributed by atoms with Crippen molar-refractivity contribution >= 4 is 5.96 Å². The standard InChI is InChI=1S/C17H30N4O/c1-3-9-21-10-7-15(8-11-21)13-19-17(18-4-2)20-14-16-6-5-12-22-16/h5-6,12,15H,3-4,7-11,13-14H2,1-2H3,(H2,18,19,20). The third-order valence-electron chi connectivity index (χ3n) is 4.12. The van der Waals surface area contributed by atoms with Gasteiger partial charge in [0.2, 0.25) is 0 Å². The third kappa shape index (κ3) is 5.72. The van der Waals surface area contributed by atoms with Crippen molar-refractivity contribution in [3.05, 3.63) is 24.2 Å². The van der Waals surface area contributed by atoms with E-state index in [9.17, 15) is 0 Å². The number of piperidine rings is 1. The molecule has 0 amide bonds. The van der Waals surface area contributed by atoms with Crippen LogP contribution in [0.1, 0.15) is 38.9 Å². The van der Waals surface area contributed by atoms with E-state index in [2.05, 4.69) is 34.4 Å². The van der Waals surface area contributed by atoms with Crippen molar-refractivity contribution in [2.75, 3.05) is 32.7 Å². The second-order valence-electron chi connectivity index (χ2n) is 5.94. The van der Waals surface area contributed by atoms with Crippen LogP contribution in [0.5, 0.6) is 0 Å². The van der Waals surface area contributed by atoms with Gasteiger partial charge in [0, 0.05) is 13.1 Å². The normalized spacial score (nSPS) is 17.6. The Hall–Kier alpha value is -1.49. The van der Waals surface area contributed by atoms with Crippen molar-refractivity contribution < 1.29 is 4.42 Å². The molecule has 1 fully saturated rings. The first kappa shape index (κ1) is 16.9. The summed E-state index contributed by atoms with van der Waals surface area (Å²) in [5.41, 5.74) is 0. The number of likely N-dealkylation sites (tertiary alicyclic amines) is 1. The molecule has 22 heavy (non-hydrogen) atoms. The molecule has 2 rings (SSSR count). The van der Waals surface area contributed by atoms with Crippen LogP contribution in [0, 0.1) is 5.92 Å². The van der Waals surface area contributed by atoms with Gasteiger partial charge in [0.05, 0.1) is 6.26 Å². The van der Waals surface area contributed by atoms with Crippen LogP contribution < -0.4 is 10.6 Å². The van der Waals surface area contributed by atoms with Gasteiger partial charge in [0.25, 0.3) is 0 Å².